The van der Waals surface area contributed by atoms with Crippen molar-refractivity contribution in [1.82, 2.24) is 4.90 Å². The van der Waals surface area contributed by atoms with Crippen LogP contribution in [0.25, 0.3) is 0 Å². The summed E-state index contributed by atoms with van der Waals surface area (Å²) in [5.74, 6) is -21.7. The highest BCUT2D eigenvalue weighted by Crippen LogP contribution is 2.66. The van der Waals surface area contributed by atoms with Crippen molar-refractivity contribution in [2.45, 2.75) is 41.9 Å². The minimum atomic E-state index is -2.74. The van der Waals surface area contributed by atoms with E-state index in [-0.39, 0.29) is 34.0 Å². The summed E-state index contributed by atoms with van der Waals surface area (Å²) in [6, 6.07) is 3.66. The highest BCUT2D eigenvalue weighted by Gasteiger charge is 2.77. The Morgan fingerprint density at radius 3 is 2.14 bits per heavy atom. The van der Waals surface area contributed by atoms with Crippen molar-refractivity contribution in [2.75, 3.05) is 11.4 Å². The van der Waals surface area contributed by atoms with E-state index in [1.54, 1.807) is 6.92 Å². The fourth-order valence-electron chi connectivity index (χ4n) is 7.18. The van der Waals surface area contributed by atoms with Crippen LogP contribution in [0.5, 0.6) is 5.75 Å². The van der Waals surface area contributed by atoms with Gasteiger partial charge in [0, 0.05) is 23.0 Å². The van der Waals surface area contributed by atoms with Crippen molar-refractivity contribution in [2.24, 2.45) is 17.8 Å². The number of hydrogen-bond acceptors (Lipinski definition) is 5. The molecular formula is C29H20Cl3F5N2O5. The fourth-order valence-corrected chi connectivity index (χ4v) is 8.29. The summed E-state index contributed by atoms with van der Waals surface area (Å²) in [5.41, 5.74) is -1.82. The summed E-state index contributed by atoms with van der Waals surface area (Å²) in [7, 11) is 0. The van der Waals surface area contributed by atoms with Gasteiger partial charge < -0.3 is 5.11 Å². The van der Waals surface area contributed by atoms with Gasteiger partial charge in [0.15, 0.2) is 33.0 Å². The second-order valence-electron chi connectivity index (χ2n) is 11.2. The van der Waals surface area contributed by atoms with Gasteiger partial charge in [-0.15, -0.1) is 23.2 Å². The minimum Gasteiger partial charge on any atom is -0.508 e. The summed E-state index contributed by atoms with van der Waals surface area (Å²) >= 11 is 20.2. The molecule has 6 rings (SSSR count). The van der Waals surface area contributed by atoms with Gasteiger partial charge in [-0.2, -0.15) is 0 Å². The number of nitrogens with zero attached hydrogens (tertiary/aromatic N) is 2. The van der Waals surface area contributed by atoms with Crippen molar-refractivity contribution in [3.05, 3.63) is 69.5 Å². The zero-order valence-corrected chi connectivity index (χ0v) is 24.7. The second kappa shape index (κ2) is 10.1. The number of carbonyl (C=O) groups excluding carboxylic acids is 4. The van der Waals surface area contributed by atoms with Crippen LogP contribution in [0.4, 0.5) is 27.6 Å². The third-order valence-electron chi connectivity index (χ3n) is 9.06. The van der Waals surface area contributed by atoms with E-state index in [2.05, 4.69) is 0 Å². The van der Waals surface area contributed by atoms with E-state index in [9.17, 15) is 37.5 Å². The molecule has 3 fully saturated rings. The lowest BCUT2D eigenvalue weighted by atomic mass is 9.56. The Hall–Kier alpha value is -3.22. The van der Waals surface area contributed by atoms with Crippen LogP contribution in [0.1, 0.15) is 37.7 Å². The molecule has 4 aliphatic rings. The number of aromatic hydroxyl groups is 1. The molecule has 232 valence electrons. The number of fused-ring (bicyclic) bond motifs is 4. The van der Waals surface area contributed by atoms with Gasteiger partial charge in [-0.25, -0.2) is 26.9 Å². The number of halogens is 8. The van der Waals surface area contributed by atoms with Crippen molar-refractivity contribution in [3.63, 3.8) is 0 Å². The van der Waals surface area contributed by atoms with E-state index >= 15 is 8.78 Å². The number of phenolic OH excluding ortho intramolecular Hbond substituents is 1. The number of amides is 4. The molecule has 0 bridgehead atoms. The quantitative estimate of drug-likeness (QED) is 0.112. The number of benzene rings is 2. The Labute approximate surface area is 261 Å². The Morgan fingerprint density at radius 2 is 1.52 bits per heavy atom. The van der Waals surface area contributed by atoms with Gasteiger partial charge in [0.1, 0.15) is 11.4 Å². The van der Waals surface area contributed by atoms with Gasteiger partial charge in [0.2, 0.25) is 17.6 Å². The van der Waals surface area contributed by atoms with Crippen LogP contribution in [0.3, 0.4) is 0 Å². The number of carbonyl (C=O) groups is 4. The van der Waals surface area contributed by atoms with E-state index in [4.69, 9.17) is 34.8 Å². The first kappa shape index (κ1) is 30.8. The molecular weight excluding hydrogens is 658 g/mol. The Bertz CT molecular complexity index is 1710. The van der Waals surface area contributed by atoms with Crippen LogP contribution >= 0.6 is 34.8 Å². The molecule has 1 N–H and O–H groups in total. The van der Waals surface area contributed by atoms with Crippen LogP contribution in [0, 0.1) is 46.8 Å². The number of rotatable bonds is 4. The Kier molecular flexibility index (Phi) is 7.10. The second-order valence-corrected chi connectivity index (χ2v) is 12.9. The van der Waals surface area contributed by atoms with Crippen molar-refractivity contribution >= 4 is 64.1 Å². The third kappa shape index (κ3) is 3.73. The summed E-state index contributed by atoms with van der Waals surface area (Å²) in [6.45, 7) is 1.87. The highest BCUT2D eigenvalue weighted by atomic mass is 35.5. The molecule has 6 atom stereocenters. The zero-order chi connectivity index (χ0) is 32.2. The van der Waals surface area contributed by atoms with Gasteiger partial charge >= 0.3 is 0 Å². The Balaban J connectivity index is 1.61. The molecule has 2 aromatic carbocycles. The number of imide groups is 2. The van der Waals surface area contributed by atoms with E-state index in [0.717, 1.165) is 11.0 Å². The molecule has 0 radical (unpaired) electrons. The lowest BCUT2D eigenvalue weighted by Crippen LogP contribution is -2.60. The molecule has 2 aliphatic heterocycles. The summed E-state index contributed by atoms with van der Waals surface area (Å²) in [5, 5.41) is 11.0. The largest absolute Gasteiger partial charge is 0.508 e. The summed E-state index contributed by atoms with van der Waals surface area (Å²) in [4.78, 5) is 50.4. The molecule has 0 spiro atoms. The average Bonchev–Trinajstić information content (AvgIpc) is 3.31. The van der Waals surface area contributed by atoms with Crippen LogP contribution in [-0.2, 0) is 19.2 Å². The standard InChI is InChI=1S/C29H20Cl3F5N2O5/c1-2-7-38-24(41)12-5-4-11-14(16(12)25(38)42)9-28(31)26(43)39(23-21(36)19(34)18(33)20(35)22(23)37)27(44)29(28,32)17(11)13-8-10(30)3-6-15(13)40/h3-4,6,8,12,14,16-17,40H,2,5,7,9H2,1H3. The normalized spacial score (nSPS) is 31.3. The van der Waals surface area contributed by atoms with Gasteiger partial charge in [0.05, 0.1) is 11.8 Å². The zero-order valence-electron chi connectivity index (χ0n) is 22.4. The van der Waals surface area contributed by atoms with Gasteiger partial charge in [-0.1, -0.05) is 30.2 Å². The molecule has 44 heavy (non-hydrogen) atoms. The lowest BCUT2D eigenvalue weighted by molar-refractivity contribution is -0.140. The number of allylic oxidation sites excluding steroid dienone is 2. The summed E-state index contributed by atoms with van der Waals surface area (Å²) < 4.78 is 72.5. The van der Waals surface area contributed by atoms with Gasteiger partial charge in [-0.05, 0) is 43.4 Å². The van der Waals surface area contributed by atoms with Crippen molar-refractivity contribution < 1.29 is 46.2 Å². The predicted octanol–water partition coefficient (Wildman–Crippen LogP) is 5.71. The average molecular weight is 678 g/mol. The molecule has 2 heterocycles. The minimum absolute atomic E-state index is 0.00482. The smallest absolute Gasteiger partial charge is 0.258 e. The molecule has 1 saturated carbocycles. The fraction of sp³-hybridized carbons (Fsp3) is 0.379. The third-order valence-corrected chi connectivity index (χ3v) is 10.7. The molecule has 15 heteroatoms. The SMILES string of the molecule is CCCN1C(=O)C2CC=C3C(CC4(Cl)C(=O)N(c5c(F)c(F)c(F)c(F)c5F)C(=O)C4(Cl)C3c3cc(Cl)ccc3O)C2C1=O. The molecule has 4 amide bonds. The maximum absolute atomic E-state index is 15.0. The number of hydrogen-bond donors (Lipinski definition) is 1. The van der Waals surface area contributed by atoms with Gasteiger partial charge in [0.25, 0.3) is 11.8 Å². The first-order valence-corrected chi connectivity index (χ1v) is 14.6. The topological polar surface area (TPSA) is 95.0 Å². The molecule has 2 aliphatic carbocycles. The molecule has 6 unspecified atom stereocenters. The van der Waals surface area contributed by atoms with E-state index in [1.165, 1.54) is 18.2 Å². The van der Waals surface area contributed by atoms with Crippen LogP contribution < -0.4 is 4.90 Å². The van der Waals surface area contributed by atoms with E-state index in [0.29, 0.717) is 6.42 Å². The van der Waals surface area contributed by atoms with Crippen molar-refractivity contribution in [1.29, 1.82) is 0 Å². The number of anilines is 1. The molecule has 0 aromatic heterocycles. The van der Waals surface area contributed by atoms with E-state index in [1.807, 2.05) is 0 Å². The van der Waals surface area contributed by atoms with Crippen LogP contribution in [0.15, 0.2) is 29.8 Å². The molecule has 2 saturated heterocycles. The Morgan fingerprint density at radius 1 is 0.909 bits per heavy atom. The number of alkyl halides is 2. The number of phenols is 1. The maximum atomic E-state index is 15.0. The molecule has 7 nitrogen and oxygen atoms in total. The first-order chi connectivity index (χ1) is 20.6. The highest BCUT2D eigenvalue weighted by molar-refractivity contribution is 6.58. The van der Waals surface area contributed by atoms with Crippen LogP contribution in [0.2, 0.25) is 5.02 Å². The number of likely N-dealkylation sites (tertiary alicyclic amines) is 1. The van der Waals surface area contributed by atoms with Gasteiger partial charge in [-0.3, -0.25) is 24.1 Å². The van der Waals surface area contributed by atoms with E-state index < -0.39 is 104 Å². The van der Waals surface area contributed by atoms with Crippen molar-refractivity contribution in [3.8, 4) is 5.75 Å². The monoisotopic (exact) mass is 676 g/mol. The molecule has 2 aromatic rings. The first-order valence-electron chi connectivity index (χ1n) is 13.4. The lowest BCUT2D eigenvalue weighted by Gasteiger charge is -2.50. The van der Waals surface area contributed by atoms with Crippen LogP contribution in [-0.4, -0.2) is 49.9 Å². The maximum Gasteiger partial charge on any atom is 0.258 e. The summed E-state index contributed by atoms with van der Waals surface area (Å²) in [6.07, 6.45) is 1.37. The predicted molar refractivity (Wildman–Crippen MR) is 147 cm³/mol.